The zero-order valence-electron chi connectivity index (χ0n) is 12.2. The highest BCUT2D eigenvalue weighted by Gasteiger charge is 2.33. The van der Waals surface area contributed by atoms with Crippen LogP contribution >= 0.6 is 0 Å². The van der Waals surface area contributed by atoms with Crippen molar-refractivity contribution in [2.45, 2.75) is 24.4 Å². The van der Waals surface area contributed by atoms with Gasteiger partial charge in [0.05, 0.1) is 11.1 Å². The first-order valence-electron chi connectivity index (χ1n) is 6.85. The third-order valence-corrected chi connectivity index (χ3v) is 3.58. The molecule has 2 nitrogen and oxygen atoms in total. The SMILES string of the molecule is NC(c1cccc(C(F)(F)F)c1)C(N)c1cccc(C(F)(F)F)c1. The van der Waals surface area contributed by atoms with Gasteiger partial charge in [-0.3, -0.25) is 0 Å². The lowest BCUT2D eigenvalue weighted by Gasteiger charge is -2.22. The van der Waals surface area contributed by atoms with Crippen LogP contribution in [0.5, 0.6) is 0 Å². The van der Waals surface area contributed by atoms with Gasteiger partial charge < -0.3 is 11.5 Å². The molecule has 24 heavy (non-hydrogen) atoms. The van der Waals surface area contributed by atoms with Crippen molar-refractivity contribution in [2.75, 3.05) is 0 Å². The monoisotopic (exact) mass is 348 g/mol. The van der Waals surface area contributed by atoms with E-state index in [-0.39, 0.29) is 11.1 Å². The van der Waals surface area contributed by atoms with Gasteiger partial charge in [-0.15, -0.1) is 0 Å². The van der Waals surface area contributed by atoms with Gasteiger partial charge >= 0.3 is 12.4 Å². The second-order valence-electron chi connectivity index (χ2n) is 5.30. The number of nitrogens with two attached hydrogens (primary N) is 2. The fourth-order valence-electron chi connectivity index (χ4n) is 2.26. The zero-order valence-corrected chi connectivity index (χ0v) is 12.2. The molecule has 0 bridgehead atoms. The lowest BCUT2D eigenvalue weighted by Crippen LogP contribution is -2.27. The molecule has 0 radical (unpaired) electrons. The van der Waals surface area contributed by atoms with E-state index in [0.717, 1.165) is 24.3 Å². The van der Waals surface area contributed by atoms with Crippen LogP contribution in [0, 0.1) is 0 Å². The fraction of sp³-hybridized carbons (Fsp3) is 0.250. The Balaban J connectivity index is 2.32. The zero-order chi connectivity index (χ0) is 18.1. The van der Waals surface area contributed by atoms with E-state index in [1.807, 2.05) is 0 Å². The number of hydrogen-bond acceptors (Lipinski definition) is 2. The first-order chi connectivity index (χ1) is 11.0. The smallest absolute Gasteiger partial charge is 0.322 e. The van der Waals surface area contributed by atoms with Crippen LogP contribution in [0.3, 0.4) is 0 Å². The number of halogens is 6. The van der Waals surface area contributed by atoms with Gasteiger partial charge in [-0.05, 0) is 35.4 Å². The maximum Gasteiger partial charge on any atom is 0.416 e. The molecule has 0 aliphatic rings. The van der Waals surface area contributed by atoms with Crippen LogP contribution in [0.25, 0.3) is 0 Å². The average Bonchev–Trinajstić information content (AvgIpc) is 2.52. The normalized spacial score (nSPS) is 15.2. The minimum Gasteiger partial charge on any atom is -0.322 e. The van der Waals surface area contributed by atoms with Gasteiger partial charge in [-0.25, -0.2) is 0 Å². The summed E-state index contributed by atoms with van der Waals surface area (Å²) in [7, 11) is 0. The van der Waals surface area contributed by atoms with Crippen molar-refractivity contribution in [3.05, 3.63) is 70.8 Å². The number of hydrogen-bond donors (Lipinski definition) is 2. The predicted molar refractivity (Wildman–Crippen MR) is 76.7 cm³/mol. The molecule has 2 aromatic carbocycles. The van der Waals surface area contributed by atoms with Gasteiger partial charge in [-0.1, -0.05) is 24.3 Å². The summed E-state index contributed by atoms with van der Waals surface area (Å²) < 4.78 is 76.5. The van der Waals surface area contributed by atoms with E-state index < -0.39 is 35.6 Å². The average molecular weight is 348 g/mol. The molecular formula is C16H14F6N2. The van der Waals surface area contributed by atoms with Crippen LogP contribution in [0.1, 0.15) is 34.3 Å². The van der Waals surface area contributed by atoms with Crippen LogP contribution in [-0.4, -0.2) is 0 Å². The third kappa shape index (κ3) is 4.07. The van der Waals surface area contributed by atoms with E-state index in [1.54, 1.807) is 0 Å². The Bertz CT molecular complexity index is 647. The lowest BCUT2D eigenvalue weighted by molar-refractivity contribution is -0.138. The van der Waals surface area contributed by atoms with Crippen molar-refractivity contribution in [2.24, 2.45) is 11.5 Å². The Kier molecular flexibility index (Phi) is 4.91. The van der Waals surface area contributed by atoms with Gasteiger partial charge in [0.25, 0.3) is 0 Å². The van der Waals surface area contributed by atoms with Crippen LogP contribution < -0.4 is 11.5 Å². The number of benzene rings is 2. The maximum atomic E-state index is 12.7. The molecule has 2 unspecified atom stereocenters. The maximum absolute atomic E-state index is 12.7. The highest BCUT2D eigenvalue weighted by Crippen LogP contribution is 2.34. The predicted octanol–water partition coefficient (Wildman–Crippen LogP) is 4.42. The Hall–Kier alpha value is -2.06. The second kappa shape index (κ2) is 6.45. The van der Waals surface area contributed by atoms with E-state index in [1.165, 1.54) is 24.3 Å². The highest BCUT2D eigenvalue weighted by molar-refractivity contribution is 5.33. The summed E-state index contributed by atoms with van der Waals surface area (Å²) >= 11 is 0. The summed E-state index contributed by atoms with van der Waals surface area (Å²) in [6, 6.07) is 6.34. The van der Waals surface area contributed by atoms with Gasteiger partial charge in [0.2, 0.25) is 0 Å². The molecule has 0 saturated carbocycles. The largest absolute Gasteiger partial charge is 0.416 e. The summed E-state index contributed by atoms with van der Waals surface area (Å²) in [5.41, 5.74) is 10.1. The van der Waals surface area contributed by atoms with E-state index in [9.17, 15) is 26.3 Å². The molecule has 2 atom stereocenters. The Morgan fingerprint density at radius 2 is 0.958 bits per heavy atom. The minimum atomic E-state index is -4.55. The molecule has 0 aromatic heterocycles. The van der Waals surface area contributed by atoms with E-state index in [0.29, 0.717) is 0 Å². The first-order valence-corrected chi connectivity index (χ1v) is 6.85. The molecule has 2 rings (SSSR count). The Morgan fingerprint density at radius 1 is 0.625 bits per heavy atom. The fourth-order valence-corrected chi connectivity index (χ4v) is 2.26. The summed E-state index contributed by atoms with van der Waals surface area (Å²) in [5, 5.41) is 0. The van der Waals surface area contributed by atoms with Gasteiger partial charge in [0.1, 0.15) is 0 Å². The summed E-state index contributed by atoms with van der Waals surface area (Å²) in [6.45, 7) is 0. The van der Waals surface area contributed by atoms with Crippen molar-refractivity contribution < 1.29 is 26.3 Å². The van der Waals surface area contributed by atoms with Crippen molar-refractivity contribution in [3.8, 4) is 0 Å². The van der Waals surface area contributed by atoms with Crippen LogP contribution in [0.4, 0.5) is 26.3 Å². The molecule has 8 heteroatoms. The van der Waals surface area contributed by atoms with Crippen LogP contribution in [-0.2, 0) is 12.4 Å². The second-order valence-corrected chi connectivity index (χ2v) is 5.30. The van der Waals surface area contributed by atoms with Gasteiger partial charge in [-0.2, -0.15) is 26.3 Å². The van der Waals surface area contributed by atoms with E-state index in [4.69, 9.17) is 11.5 Å². The van der Waals surface area contributed by atoms with Crippen molar-refractivity contribution >= 4 is 0 Å². The topological polar surface area (TPSA) is 52.0 Å². The summed E-state index contributed by atoms with van der Waals surface area (Å²) in [5.74, 6) is 0. The molecule has 0 saturated heterocycles. The highest BCUT2D eigenvalue weighted by atomic mass is 19.4. The van der Waals surface area contributed by atoms with Crippen molar-refractivity contribution in [1.29, 1.82) is 0 Å². The quantitative estimate of drug-likeness (QED) is 0.807. The number of alkyl halides is 6. The summed E-state index contributed by atoms with van der Waals surface area (Å²) in [4.78, 5) is 0. The molecule has 4 N–H and O–H groups in total. The molecule has 0 amide bonds. The molecule has 0 spiro atoms. The van der Waals surface area contributed by atoms with Gasteiger partial charge in [0.15, 0.2) is 0 Å². The van der Waals surface area contributed by atoms with Crippen molar-refractivity contribution in [1.82, 2.24) is 0 Å². The van der Waals surface area contributed by atoms with Gasteiger partial charge in [0, 0.05) is 12.1 Å². The standard InChI is InChI=1S/C16H14F6N2/c17-15(18,19)11-5-1-3-9(7-11)13(23)14(24)10-4-2-6-12(8-10)16(20,21)22/h1-8,13-14H,23-24H2. The molecule has 0 aliphatic heterocycles. The molecule has 0 aliphatic carbocycles. The molecule has 0 fully saturated rings. The van der Waals surface area contributed by atoms with E-state index >= 15 is 0 Å². The minimum absolute atomic E-state index is 0.0923. The Labute approximate surface area is 134 Å². The first kappa shape index (κ1) is 18.3. The number of rotatable bonds is 3. The summed E-state index contributed by atoms with van der Waals surface area (Å²) in [6.07, 6.45) is -9.09. The lowest BCUT2D eigenvalue weighted by atomic mass is 9.93. The third-order valence-electron chi connectivity index (χ3n) is 3.58. The molecule has 0 heterocycles. The Morgan fingerprint density at radius 3 is 1.25 bits per heavy atom. The molecule has 2 aromatic rings. The van der Waals surface area contributed by atoms with Crippen LogP contribution in [0.15, 0.2) is 48.5 Å². The van der Waals surface area contributed by atoms with E-state index in [2.05, 4.69) is 0 Å². The molecule has 130 valence electrons. The van der Waals surface area contributed by atoms with Crippen LogP contribution in [0.2, 0.25) is 0 Å². The molecular weight excluding hydrogens is 334 g/mol. The van der Waals surface area contributed by atoms with Crippen molar-refractivity contribution in [3.63, 3.8) is 0 Å².